The molecule has 2 heterocycles. The van der Waals surface area contributed by atoms with Gasteiger partial charge in [0.05, 0.1) is 29.1 Å². The van der Waals surface area contributed by atoms with E-state index in [4.69, 9.17) is 26.4 Å². The summed E-state index contributed by atoms with van der Waals surface area (Å²) in [5.74, 6) is 0.415. The van der Waals surface area contributed by atoms with Crippen molar-refractivity contribution in [2.24, 2.45) is 0 Å². The number of halogens is 1. The minimum atomic E-state index is -0.290. The Morgan fingerprint density at radius 3 is 2.80 bits per heavy atom. The molecule has 2 aliphatic heterocycles. The molecule has 0 spiro atoms. The second-order valence-electron chi connectivity index (χ2n) is 8.16. The number of nitrogens with zero attached hydrogens (tertiary/aromatic N) is 1. The Morgan fingerprint density at radius 2 is 2.11 bits per heavy atom. The third-order valence-corrected chi connectivity index (χ3v) is 7.48. The molecule has 0 radical (unpaired) electrons. The lowest BCUT2D eigenvalue weighted by molar-refractivity contribution is -0.123. The van der Waals surface area contributed by atoms with Crippen molar-refractivity contribution in [2.45, 2.75) is 25.9 Å². The SMILES string of the molecule is COc1cc(/C=C2\SC(=S)N(C[C@H]3CCCO3)C2=O)cc(Br)c1OCC(=O)Nc1ccc(C)cc1. The van der Waals surface area contributed by atoms with Crippen molar-refractivity contribution < 1.29 is 23.8 Å². The van der Waals surface area contributed by atoms with E-state index in [1.807, 2.05) is 37.3 Å². The van der Waals surface area contributed by atoms with Gasteiger partial charge in [-0.2, -0.15) is 0 Å². The van der Waals surface area contributed by atoms with E-state index in [0.29, 0.717) is 37.4 Å². The lowest BCUT2D eigenvalue weighted by Gasteiger charge is -2.18. The largest absolute Gasteiger partial charge is 0.493 e. The highest BCUT2D eigenvalue weighted by Crippen LogP contribution is 2.39. The van der Waals surface area contributed by atoms with E-state index < -0.39 is 0 Å². The summed E-state index contributed by atoms with van der Waals surface area (Å²) in [6.45, 7) is 3.00. The second kappa shape index (κ2) is 11.6. The first-order valence-corrected chi connectivity index (χ1v) is 13.1. The van der Waals surface area contributed by atoms with Crippen LogP contribution in [0.3, 0.4) is 0 Å². The summed E-state index contributed by atoms with van der Waals surface area (Å²) in [7, 11) is 1.52. The Kier molecular flexibility index (Phi) is 8.48. The van der Waals surface area contributed by atoms with Gasteiger partial charge in [0.1, 0.15) is 4.32 Å². The number of hydrogen-bond donors (Lipinski definition) is 1. The summed E-state index contributed by atoms with van der Waals surface area (Å²) in [6.07, 6.45) is 3.75. The van der Waals surface area contributed by atoms with Gasteiger partial charge in [-0.1, -0.05) is 41.7 Å². The number of carbonyl (C=O) groups excluding carboxylic acids is 2. The zero-order valence-corrected chi connectivity index (χ0v) is 22.6. The molecule has 1 N–H and O–H groups in total. The maximum Gasteiger partial charge on any atom is 0.266 e. The van der Waals surface area contributed by atoms with E-state index in [-0.39, 0.29) is 24.5 Å². The van der Waals surface area contributed by atoms with E-state index in [2.05, 4.69) is 21.2 Å². The van der Waals surface area contributed by atoms with Crippen LogP contribution in [0.15, 0.2) is 45.8 Å². The predicted octanol–water partition coefficient (Wildman–Crippen LogP) is 5.16. The monoisotopic (exact) mass is 576 g/mol. The van der Waals surface area contributed by atoms with E-state index >= 15 is 0 Å². The molecular weight excluding hydrogens is 552 g/mol. The number of thiocarbonyl (C=S) groups is 1. The first-order valence-electron chi connectivity index (χ1n) is 11.1. The molecule has 10 heteroatoms. The third-order valence-electron chi connectivity index (χ3n) is 5.52. The topological polar surface area (TPSA) is 77.1 Å². The van der Waals surface area contributed by atoms with E-state index in [0.717, 1.165) is 30.6 Å². The van der Waals surface area contributed by atoms with E-state index in [9.17, 15) is 9.59 Å². The van der Waals surface area contributed by atoms with Crippen molar-refractivity contribution in [3.05, 3.63) is 56.9 Å². The van der Waals surface area contributed by atoms with Crippen molar-refractivity contribution in [3.8, 4) is 11.5 Å². The van der Waals surface area contributed by atoms with Gasteiger partial charge in [0, 0.05) is 12.3 Å². The van der Waals surface area contributed by atoms with E-state index in [1.165, 1.54) is 18.9 Å². The Balaban J connectivity index is 1.44. The minimum absolute atomic E-state index is 0.0331. The van der Waals surface area contributed by atoms with Gasteiger partial charge in [0.2, 0.25) is 0 Å². The highest BCUT2D eigenvalue weighted by Gasteiger charge is 2.34. The van der Waals surface area contributed by atoms with Crippen LogP contribution in [0.2, 0.25) is 0 Å². The molecule has 2 saturated heterocycles. The van der Waals surface area contributed by atoms with Gasteiger partial charge < -0.3 is 19.5 Å². The molecule has 2 aromatic carbocycles. The average Bonchev–Trinajstić information content (AvgIpc) is 3.43. The van der Waals surface area contributed by atoms with Crippen molar-refractivity contribution in [3.63, 3.8) is 0 Å². The smallest absolute Gasteiger partial charge is 0.266 e. The van der Waals surface area contributed by atoms with Crippen LogP contribution in [0.4, 0.5) is 5.69 Å². The molecule has 0 bridgehead atoms. The first-order chi connectivity index (χ1) is 16.8. The summed E-state index contributed by atoms with van der Waals surface area (Å²) in [6, 6.07) is 11.1. The molecule has 0 unspecified atom stereocenters. The molecule has 4 rings (SSSR count). The number of ether oxygens (including phenoxy) is 3. The summed E-state index contributed by atoms with van der Waals surface area (Å²) in [5, 5.41) is 2.80. The molecule has 184 valence electrons. The van der Waals surface area contributed by atoms with Crippen LogP contribution in [0, 0.1) is 6.92 Å². The highest BCUT2D eigenvalue weighted by molar-refractivity contribution is 9.10. The number of carbonyl (C=O) groups is 2. The molecule has 1 atom stereocenters. The van der Waals surface area contributed by atoms with Crippen LogP contribution in [0.5, 0.6) is 11.5 Å². The fraction of sp³-hybridized carbons (Fsp3) is 0.320. The number of amides is 2. The van der Waals surface area contributed by atoms with Crippen LogP contribution in [-0.2, 0) is 14.3 Å². The van der Waals surface area contributed by atoms with Gasteiger partial charge in [-0.05, 0) is 71.6 Å². The molecule has 0 aliphatic carbocycles. The standard InChI is InChI=1S/C25H25BrN2O5S2/c1-15-5-7-17(8-6-15)27-22(29)14-33-23-19(26)10-16(11-20(23)31-2)12-21-24(30)28(25(34)35-21)13-18-4-3-9-32-18/h5-8,10-12,18H,3-4,9,13-14H2,1-2H3,(H,27,29)/b21-12-/t18-/m1/s1. The van der Waals surface area contributed by atoms with Crippen LogP contribution in [0.25, 0.3) is 6.08 Å². The number of aryl methyl sites for hydroxylation is 1. The Bertz CT molecular complexity index is 1160. The second-order valence-corrected chi connectivity index (χ2v) is 10.7. The number of benzene rings is 2. The van der Waals surface area contributed by atoms with Gasteiger partial charge in [0.25, 0.3) is 11.8 Å². The molecule has 0 aromatic heterocycles. The minimum Gasteiger partial charge on any atom is -0.493 e. The van der Waals surface area contributed by atoms with Gasteiger partial charge in [-0.25, -0.2) is 0 Å². The summed E-state index contributed by atoms with van der Waals surface area (Å²) >= 11 is 10.2. The molecule has 7 nitrogen and oxygen atoms in total. The average molecular weight is 578 g/mol. The van der Waals surface area contributed by atoms with Gasteiger partial charge >= 0.3 is 0 Å². The zero-order valence-electron chi connectivity index (χ0n) is 19.3. The zero-order chi connectivity index (χ0) is 24.9. The van der Waals surface area contributed by atoms with Gasteiger partial charge in [-0.3, -0.25) is 14.5 Å². The summed E-state index contributed by atoms with van der Waals surface area (Å²) < 4.78 is 18.0. The Hall–Kier alpha value is -2.40. The highest BCUT2D eigenvalue weighted by atomic mass is 79.9. The maximum absolute atomic E-state index is 12.9. The molecule has 0 saturated carbocycles. The first kappa shape index (κ1) is 25.7. The van der Waals surface area contributed by atoms with Crippen molar-refractivity contribution in [1.82, 2.24) is 4.90 Å². The van der Waals surface area contributed by atoms with Crippen LogP contribution in [-0.4, -0.2) is 54.0 Å². The van der Waals surface area contributed by atoms with Crippen molar-refractivity contribution in [2.75, 3.05) is 32.2 Å². The summed E-state index contributed by atoms with van der Waals surface area (Å²) in [4.78, 5) is 27.4. The van der Waals surface area contributed by atoms with Crippen LogP contribution in [0.1, 0.15) is 24.0 Å². The van der Waals surface area contributed by atoms with Gasteiger partial charge in [0.15, 0.2) is 18.1 Å². The quantitative estimate of drug-likeness (QED) is 0.343. The number of rotatable bonds is 8. The lowest BCUT2D eigenvalue weighted by Crippen LogP contribution is -2.35. The lowest BCUT2D eigenvalue weighted by atomic mass is 10.1. The Morgan fingerprint density at radius 1 is 1.34 bits per heavy atom. The van der Waals surface area contributed by atoms with Gasteiger partial charge in [-0.15, -0.1) is 0 Å². The van der Waals surface area contributed by atoms with Crippen molar-refractivity contribution in [1.29, 1.82) is 0 Å². The molecule has 2 amide bonds. The molecular formula is C25H25BrN2O5S2. The fourth-order valence-corrected chi connectivity index (χ4v) is 5.58. The number of anilines is 1. The van der Waals surface area contributed by atoms with Crippen LogP contribution >= 0.6 is 39.9 Å². The predicted molar refractivity (Wildman–Crippen MR) is 145 cm³/mol. The fourth-order valence-electron chi connectivity index (χ4n) is 3.74. The number of hydrogen-bond acceptors (Lipinski definition) is 7. The maximum atomic E-state index is 12.9. The number of methoxy groups -OCH3 is 1. The number of thioether (sulfide) groups is 1. The molecule has 2 aromatic rings. The molecule has 2 fully saturated rings. The molecule has 35 heavy (non-hydrogen) atoms. The van der Waals surface area contributed by atoms with Crippen LogP contribution < -0.4 is 14.8 Å². The summed E-state index contributed by atoms with van der Waals surface area (Å²) in [5.41, 5.74) is 2.54. The van der Waals surface area contributed by atoms with E-state index in [1.54, 1.807) is 17.0 Å². The third kappa shape index (κ3) is 6.43. The van der Waals surface area contributed by atoms with Crippen molar-refractivity contribution >= 4 is 67.8 Å². The number of nitrogens with one attached hydrogen (secondary N) is 1. The molecule has 2 aliphatic rings. The Labute approximate surface area is 222 Å². The normalized spacial score (nSPS) is 18.9.